The summed E-state index contributed by atoms with van der Waals surface area (Å²) in [5.74, 6) is 0.734. The van der Waals surface area contributed by atoms with Crippen molar-refractivity contribution in [3.63, 3.8) is 0 Å². The first kappa shape index (κ1) is 13.6. The van der Waals surface area contributed by atoms with Crippen molar-refractivity contribution < 1.29 is 0 Å². The van der Waals surface area contributed by atoms with Crippen molar-refractivity contribution in [3.05, 3.63) is 39.4 Å². The van der Waals surface area contributed by atoms with Crippen LogP contribution in [0, 0.1) is 11.3 Å². The molecule has 0 radical (unpaired) electrons. The second-order valence-electron chi connectivity index (χ2n) is 4.23. The largest absolute Gasteiger partial charge is 0.296 e. The molecular formula is C14H14ClN3O. The molecule has 98 valence electrons. The number of halogens is 1. The predicted octanol–water partition coefficient (Wildman–Crippen LogP) is 2.92. The van der Waals surface area contributed by atoms with Gasteiger partial charge in [0.15, 0.2) is 0 Å². The van der Waals surface area contributed by atoms with E-state index in [1.54, 1.807) is 22.8 Å². The Balaban J connectivity index is 2.61. The number of aryl methyl sites for hydroxylation is 1. The fourth-order valence-corrected chi connectivity index (χ4v) is 2.34. The second kappa shape index (κ2) is 5.85. The summed E-state index contributed by atoms with van der Waals surface area (Å²) in [6, 6.07) is 7.36. The molecule has 5 heteroatoms. The fourth-order valence-electron chi connectivity index (χ4n) is 2.09. The Bertz CT molecular complexity index is 700. The van der Waals surface area contributed by atoms with Gasteiger partial charge < -0.3 is 0 Å². The molecule has 0 spiro atoms. The first-order chi connectivity index (χ1) is 9.19. The summed E-state index contributed by atoms with van der Waals surface area (Å²) in [6.07, 6.45) is 1.74. The van der Waals surface area contributed by atoms with Crippen LogP contribution in [-0.4, -0.2) is 9.55 Å². The summed E-state index contributed by atoms with van der Waals surface area (Å²) in [7, 11) is 0. The van der Waals surface area contributed by atoms with Crippen LogP contribution in [-0.2, 0) is 13.0 Å². The van der Waals surface area contributed by atoms with Gasteiger partial charge in [-0.1, -0.05) is 24.6 Å². The van der Waals surface area contributed by atoms with Crippen LogP contribution in [0.2, 0.25) is 5.02 Å². The van der Waals surface area contributed by atoms with Gasteiger partial charge in [-0.15, -0.1) is 0 Å². The van der Waals surface area contributed by atoms with Crippen LogP contribution in [0.1, 0.15) is 25.6 Å². The van der Waals surface area contributed by atoms with Crippen molar-refractivity contribution in [1.29, 1.82) is 5.26 Å². The SMILES string of the molecule is CCc1nc2cccc(Cl)c2c(=O)n1CCCC#N. The van der Waals surface area contributed by atoms with E-state index in [1.165, 1.54) is 0 Å². The zero-order valence-corrected chi connectivity index (χ0v) is 11.4. The third-order valence-corrected chi connectivity index (χ3v) is 3.31. The van der Waals surface area contributed by atoms with E-state index in [1.807, 2.05) is 6.92 Å². The molecule has 0 atom stereocenters. The highest BCUT2D eigenvalue weighted by Crippen LogP contribution is 2.19. The topological polar surface area (TPSA) is 58.7 Å². The zero-order valence-electron chi connectivity index (χ0n) is 10.7. The summed E-state index contributed by atoms with van der Waals surface area (Å²) >= 11 is 6.09. The lowest BCUT2D eigenvalue weighted by Gasteiger charge is -2.12. The van der Waals surface area contributed by atoms with E-state index in [-0.39, 0.29) is 5.56 Å². The van der Waals surface area contributed by atoms with Crippen LogP contribution in [0.15, 0.2) is 23.0 Å². The third-order valence-electron chi connectivity index (χ3n) is 3.00. The number of nitriles is 1. The molecular weight excluding hydrogens is 262 g/mol. The summed E-state index contributed by atoms with van der Waals surface area (Å²) in [6.45, 7) is 2.46. The molecule has 2 aromatic rings. The Morgan fingerprint density at radius 3 is 2.95 bits per heavy atom. The van der Waals surface area contributed by atoms with Crippen molar-refractivity contribution in [1.82, 2.24) is 9.55 Å². The van der Waals surface area contributed by atoms with E-state index in [0.717, 1.165) is 5.82 Å². The molecule has 2 rings (SSSR count). The van der Waals surface area contributed by atoms with E-state index in [2.05, 4.69) is 11.1 Å². The third kappa shape index (κ3) is 2.61. The Labute approximate surface area is 116 Å². The highest BCUT2D eigenvalue weighted by Gasteiger charge is 2.11. The van der Waals surface area contributed by atoms with Gasteiger partial charge >= 0.3 is 0 Å². The van der Waals surface area contributed by atoms with Gasteiger partial charge in [0.2, 0.25) is 0 Å². The number of hydrogen-bond acceptors (Lipinski definition) is 3. The molecule has 4 nitrogen and oxygen atoms in total. The molecule has 0 bridgehead atoms. The molecule has 0 unspecified atom stereocenters. The fraction of sp³-hybridized carbons (Fsp3) is 0.357. The number of benzene rings is 1. The van der Waals surface area contributed by atoms with Crippen LogP contribution in [0.5, 0.6) is 0 Å². The van der Waals surface area contributed by atoms with E-state index in [0.29, 0.717) is 41.7 Å². The summed E-state index contributed by atoms with van der Waals surface area (Å²) in [4.78, 5) is 17.0. The van der Waals surface area contributed by atoms with Gasteiger partial charge in [0, 0.05) is 19.4 Å². The van der Waals surface area contributed by atoms with Crippen molar-refractivity contribution >= 4 is 22.5 Å². The number of fused-ring (bicyclic) bond motifs is 1. The molecule has 1 aromatic carbocycles. The highest BCUT2D eigenvalue weighted by atomic mass is 35.5. The Morgan fingerprint density at radius 1 is 1.47 bits per heavy atom. The van der Waals surface area contributed by atoms with Crippen LogP contribution >= 0.6 is 11.6 Å². The lowest BCUT2D eigenvalue weighted by molar-refractivity contribution is 0.594. The summed E-state index contributed by atoms with van der Waals surface area (Å²) in [5.41, 5.74) is 0.510. The van der Waals surface area contributed by atoms with E-state index in [4.69, 9.17) is 16.9 Å². The summed E-state index contributed by atoms with van der Waals surface area (Å²) in [5, 5.41) is 9.46. The number of aromatic nitrogens is 2. The number of hydrogen-bond donors (Lipinski definition) is 0. The quantitative estimate of drug-likeness (QED) is 0.806. The first-order valence-electron chi connectivity index (χ1n) is 6.24. The molecule has 0 aliphatic carbocycles. The maximum absolute atomic E-state index is 12.5. The van der Waals surface area contributed by atoms with Crippen LogP contribution in [0.25, 0.3) is 10.9 Å². The van der Waals surface area contributed by atoms with E-state index >= 15 is 0 Å². The Morgan fingerprint density at radius 2 is 2.26 bits per heavy atom. The van der Waals surface area contributed by atoms with Crippen LogP contribution < -0.4 is 5.56 Å². The minimum absolute atomic E-state index is 0.120. The van der Waals surface area contributed by atoms with Gasteiger partial charge in [-0.3, -0.25) is 9.36 Å². The van der Waals surface area contributed by atoms with Gasteiger partial charge in [-0.2, -0.15) is 5.26 Å². The van der Waals surface area contributed by atoms with Gasteiger partial charge in [-0.25, -0.2) is 4.98 Å². The summed E-state index contributed by atoms with van der Waals surface area (Å²) < 4.78 is 1.63. The van der Waals surface area contributed by atoms with Crippen molar-refractivity contribution in [2.24, 2.45) is 0 Å². The molecule has 1 aromatic heterocycles. The minimum atomic E-state index is -0.120. The highest BCUT2D eigenvalue weighted by molar-refractivity contribution is 6.35. The van der Waals surface area contributed by atoms with Crippen LogP contribution in [0.4, 0.5) is 0 Å². The molecule has 0 saturated carbocycles. The molecule has 0 aliphatic heterocycles. The van der Waals surface area contributed by atoms with Crippen molar-refractivity contribution in [2.75, 3.05) is 0 Å². The monoisotopic (exact) mass is 275 g/mol. The van der Waals surface area contributed by atoms with Gasteiger partial charge in [0.25, 0.3) is 5.56 Å². The molecule has 0 amide bonds. The van der Waals surface area contributed by atoms with Crippen LogP contribution in [0.3, 0.4) is 0 Å². The average molecular weight is 276 g/mol. The second-order valence-corrected chi connectivity index (χ2v) is 4.64. The number of nitrogens with zero attached hydrogens (tertiary/aromatic N) is 3. The predicted molar refractivity (Wildman–Crippen MR) is 75.2 cm³/mol. The lowest BCUT2D eigenvalue weighted by atomic mass is 10.2. The molecule has 0 N–H and O–H groups in total. The molecule has 0 aliphatic rings. The maximum Gasteiger partial charge on any atom is 0.262 e. The van der Waals surface area contributed by atoms with Crippen molar-refractivity contribution in [3.8, 4) is 6.07 Å². The van der Waals surface area contributed by atoms with E-state index in [9.17, 15) is 4.79 Å². The first-order valence-corrected chi connectivity index (χ1v) is 6.61. The number of rotatable bonds is 4. The smallest absolute Gasteiger partial charge is 0.262 e. The molecule has 0 fully saturated rings. The van der Waals surface area contributed by atoms with Gasteiger partial charge in [0.1, 0.15) is 5.82 Å². The Hall–Kier alpha value is -1.86. The minimum Gasteiger partial charge on any atom is -0.296 e. The average Bonchev–Trinajstić information content (AvgIpc) is 2.41. The molecule has 19 heavy (non-hydrogen) atoms. The zero-order chi connectivity index (χ0) is 13.8. The van der Waals surface area contributed by atoms with Crippen molar-refractivity contribution in [2.45, 2.75) is 32.7 Å². The molecule has 1 heterocycles. The van der Waals surface area contributed by atoms with Gasteiger partial charge in [-0.05, 0) is 18.6 Å². The lowest BCUT2D eigenvalue weighted by Crippen LogP contribution is -2.25. The van der Waals surface area contributed by atoms with E-state index < -0.39 is 0 Å². The maximum atomic E-state index is 12.5. The standard InChI is InChI=1S/C14H14ClN3O/c1-2-12-17-11-7-5-6-10(15)13(11)14(19)18(12)9-4-3-8-16/h5-7H,2-4,9H2,1H3. The number of unbranched alkanes of at least 4 members (excludes halogenated alkanes) is 1. The normalized spacial score (nSPS) is 10.6. The van der Waals surface area contributed by atoms with Gasteiger partial charge in [0.05, 0.1) is 22.0 Å². The molecule has 0 saturated heterocycles. The Kier molecular flexibility index (Phi) is 4.18.